The van der Waals surface area contributed by atoms with Crippen molar-refractivity contribution in [2.75, 3.05) is 31.8 Å². The number of anilines is 2. The summed E-state index contributed by atoms with van der Waals surface area (Å²) in [5, 5.41) is 0. The number of ether oxygens (including phenoxy) is 1. The second kappa shape index (κ2) is 4.12. The van der Waals surface area contributed by atoms with Gasteiger partial charge in [-0.2, -0.15) is 0 Å². The van der Waals surface area contributed by atoms with Gasteiger partial charge in [-0.1, -0.05) is 0 Å². The molecule has 0 unspecified atom stereocenters. The number of carbonyl (C=O) groups is 1. The summed E-state index contributed by atoms with van der Waals surface area (Å²) in [5.41, 5.74) is 6.29. The fourth-order valence-electron chi connectivity index (χ4n) is 1.19. The fourth-order valence-corrected chi connectivity index (χ4v) is 1.19. The fraction of sp³-hybridized carbons (Fsp3) is 0.444. The molecule has 0 radical (unpaired) electrons. The van der Waals surface area contributed by atoms with Gasteiger partial charge in [-0.25, -0.2) is 14.8 Å². The van der Waals surface area contributed by atoms with Gasteiger partial charge >= 0.3 is 5.97 Å². The molecule has 1 rings (SSSR count). The lowest BCUT2D eigenvalue weighted by Crippen LogP contribution is -2.18. The molecule has 0 saturated carbocycles. The first kappa shape index (κ1) is 11.2. The average Bonchev–Trinajstić information content (AvgIpc) is 2.19. The maximum atomic E-state index is 11.2. The largest absolute Gasteiger partial charge is 0.464 e. The molecule has 0 aromatic carbocycles. The number of nitrogens with zero attached hydrogens (tertiary/aromatic N) is 3. The minimum absolute atomic E-state index is 0.0561. The average molecular weight is 210 g/mol. The zero-order valence-corrected chi connectivity index (χ0v) is 9.24. The van der Waals surface area contributed by atoms with Gasteiger partial charge in [0.1, 0.15) is 0 Å². The van der Waals surface area contributed by atoms with Crippen LogP contribution in [0.1, 0.15) is 16.2 Å². The van der Waals surface area contributed by atoms with E-state index in [1.54, 1.807) is 11.8 Å². The molecule has 1 aromatic rings. The molecular weight excluding hydrogens is 196 g/mol. The molecule has 0 bridgehead atoms. The standard InChI is InChI=1S/C9H14N4O2/c1-5-8(13(2)3)12-7(10)6(11-5)9(14)15-4/h1-4H3,(H2,10,12). The molecule has 15 heavy (non-hydrogen) atoms. The maximum absolute atomic E-state index is 11.2. The van der Waals surface area contributed by atoms with Crippen LogP contribution in [0.15, 0.2) is 0 Å². The highest BCUT2D eigenvalue weighted by Gasteiger charge is 2.16. The molecule has 0 aliphatic rings. The van der Waals surface area contributed by atoms with Crippen molar-refractivity contribution in [2.24, 2.45) is 0 Å². The first-order valence-electron chi connectivity index (χ1n) is 4.37. The Bertz CT molecular complexity index is 390. The van der Waals surface area contributed by atoms with Crippen LogP contribution in [0.4, 0.5) is 11.6 Å². The van der Waals surface area contributed by atoms with Gasteiger partial charge in [0, 0.05) is 14.1 Å². The van der Waals surface area contributed by atoms with Crippen LogP contribution in [-0.2, 0) is 4.74 Å². The van der Waals surface area contributed by atoms with E-state index in [0.717, 1.165) is 0 Å². The second-order valence-electron chi connectivity index (χ2n) is 3.25. The number of carbonyl (C=O) groups excluding carboxylic acids is 1. The van der Waals surface area contributed by atoms with E-state index in [0.29, 0.717) is 11.5 Å². The molecule has 0 fully saturated rings. The van der Waals surface area contributed by atoms with E-state index in [4.69, 9.17) is 5.73 Å². The van der Waals surface area contributed by atoms with Gasteiger partial charge in [0.05, 0.1) is 12.8 Å². The van der Waals surface area contributed by atoms with Crippen molar-refractivity contribution in [1.82, 2.24) is 9.97 Å². The lowest BCUT2D eigenvalue weighted by molar-refractivity contribution is 0.0594. The SMILES string of the molecule is COC(=O)c1nc(C)c(N(C)C)nc1N. The first-order valence-corrected chi connectivity index (χ1v) is 4.37. The zero-order chi connectivity index (χ0) is 11.6. The van der Waals surface area contributed by atoms with Gasteiger partial charge in [-0.05, 0) is 6.92 Å². The summed E-state index contributed by atoms with van der Waals surface area (Å²) in [5.74, 6) is 0.143. The van der Waals surface area contributed by atoms with Crippen LogP contribution >= 0.6 is 0 Å². The summed E-state index contributed by atoms with van der Waals surface area (Å²) < 4.78 is 4.54. The third kappa shape index (κ3) is 2.15. The van der Waals surface area contributed by atoms with Crippen molar-refractivity contribution < 1.29 is 9.53 Å². The highest BCUT2D eigenvalue weighted by atomic mass is 16.5. The summed E-state index contributed by atoms with van der Waals surface area (Å²) in [6.07, 6.45) is 0. The molecule has 1 heterocycles. The first-order chi connectivity index (χ1) is 6.97. The molecule has 0 spiro atoms. The molecular formula is C9H14N4O2. The number of hydrogen-bond donors (Lipinski definition) is 1. The zero-order valence-electron chi connectivity index (χ0n) is 9.24. The molecule has 0 amide bonds. The van der Waals surface area contributed by atoms with Gasteiger partial charge in [-0.3, -0.25) is 0 Å². The van der Waals surface area contributed by atoms with Crippen molar-refractivity contribution >= 4 is 17.6 Å². The van der Waals surface area contributed by atoms with E-state index in [9.17, 15) is 4.79 Å². The lowest BCUT2D eigenvalue weighted by Gasteiger charge is -2.14. The van der Waals surface area contributed by atoms with Crippen LogP contribution in [0.5, 0.6) is 0 Å². The topological polar surface area (TPSA) is 81.3 Å². The predicted molar refractivity (Wildman–Crippen MR) is 56.8 cm³/mol. The van der Waals surface area contributed by atoms with E-state index in [1.807, 2.05) is 14.1 Å². The number of esters is 1. The Morgan fingerprint density at radius 3 is 2.47 bits per heavy atom. The number of aromatic nitrogens is 2. The molecule has 6 nitrogen and oxygen atoms in total. The van der Waals surface area contributed by atoms with Crippen LogP contribution in [0.2, 0.25) is 0 Å². The Hall–Kier alpha value is -1.85. The smallest absolute Gasteiger partial charge is 0.360 e. The van der Waals surface area contributed by atoms with Crippen molar-refractivity contribution in [3.8, 4) is 0 Å². The van der Waals surface area contributed by atoms with E-state index >= 15 is 0 Å². The number of nitrogen functional groups attached to an aromatic ring is 1. The Kier molecular flexibility index (Phi) is 3.08. The number of methoxy groups -OCH3 is 1. The Morgan fingerprint density at radius 1 is 1.40 bits per heavy atom. The highest BCUT2D eigenvalue weighted by molar-refractivity contribution is 5.92. The number of nitrogens with two attached hydrogens (primary N) is 1. The van der Waals surface area contributed by atoms with Crippen LogP contribution in [0.25, 0.3) is 0 Å². The third-order valence-corrected chi connectivity index (χ3v) is 1.87. The van der Waals surface area contributed by atoms with Crippen molar-refractivity contribution in [2.45, 2.75) is 6.92 Å². The molecule has 2 N–H and O–H groups in total. The van der Waals surface area contributed by atoms with Gasteiger partial charge in [0.2, 0.25) is 0 Å². The summed E-state index contributed by atoms with van der Waals surface area (Å²) in [6.45, 7) is 1.76. The summed E-state index contributed by atoms with van der Waals surface area (Å²) >= 11 is 0. The molecule has 0 atom stereocenters. The van der Waals surface area contributed by atoms with Gasteiger partial charge in [0.15, 0.2) is 17.3 Å². The maximum Gasteiger partial charge on any atom is 0.360 e. The van der Waals surface area contributed by atoms with E-state index in [-0.39, 0.29) is 11.5 Å². The van der Waals surface area contributed by atoms with Crippen LogP contribution in [0.3, 0.4) is 0 Å². The van der Waals surface area contributed by atoms with Crippen LogP contribution < -0.4 is 10.6 Å². The molecule has 1 aromatic heterocycles. The van der Waals surface area contributed by atoms with Gasteiger partial charge in [0.25, 0.3) is 0 Å². The van der Waals surface area contributed by atoms with E-state index < -0.39 is 5.97 Å². The van der Waals surface area contributed by atoms with Crippen molar-refractivity contribution in [3.63, 3.8) is 0 Å². The van der Waals surface area contributed by atoms with E-state index in [1.165, 1.54) is 7.11 Å². The summed E-state index contributed by atoms with van der Waals surface area (Å²) in [7, 11) is 4.93. The van der Waals surface area contributed by atoms with Gasteiger partial charge in [-0.15, -0.1) is 0 Å². The second-order valence-corrected chi connectivity index (χ2v) is 3.25. The summed E-state index contributed by atoms with van der Waals surface area (Å²) in [6, 6.07) is 0. The van der Waals surface area contributed by atoms with Crippen LogP contribution in [-0.4, -0.2) is 37.1 Å². The minimum Gasteiger partial charge on any atom is -0.464 e. The molecule has 0 aliphatic carbocycles. The number of hydrogen-bond acceptors (Lipinski definition) is 6. The van der Waals surface area contributed by atoms with Gasteiger partial charge < -0.3 is 15.4 Å². The predicted octanol–water partition coefficient (Wildman–Crippen LogP) is 0.220. The van der Waals surface area contributed by atoms with Crippen LogP contribution in [0, 0.1) is 6.92 Å². The van der Waals surface area contributed by atoms with Crippen molar-refractivity contribution in [3.05, 3.63) is 11.4 Å². The Labute approximate surface area is 88.1 Å². The third-order valence-electron chi connectivity index (χ3n) is 1.87. The number of aryl methyl sites for hydroxylation is 1. The molecule has 0 saturated heterocycles. The highest BCUT2D eigenvalue weighted by Crippen LogP contribution is 2.17. The monoisotopic (exact) mass is 210 g/mol. The molecule has 82 valence electrons. The Morgan fingerprint density at radius 2 is 2.00 bits per heavy atom. The normalized spacial score (nSPS) is 9.87. The van der Waals surface area contributed by atoms with E-state index in [2.05, 4.69) is 14.7 Å². The quantitative estimate of drug-likeness (QED) is 0.703. The molecule has 0 aliphatic heterocycles. The summed E-state index contributed by atoms with van der Waals surface area (Å²) in [4.78, 5) is 21.2. The number of rotatable bonds is 2. The Balaban J connectivity index is 3.25. The van der Waals surface area contributed by atoms with Crippen molar-refractivity contribution in [1.29, 1.82) is 0 Å². The molecule has 6 heteroatoms. The minimum atomic E-state index is -0.576. The lowest BCUT2D eigenvalue weighted by atomic mass is 10.3.